The number of amides is 2. The van der Waals surface area contributed by atoms with E-state index in [1.54, 1.807) is 32.2 Å². The molecule has 1 aromatic heterocycles. The fourth-order valence-electron chi connectivity index (χ4n) is 1.90. The Kier molecular flexibility index (Phi) is 4.42. The van der Waals surface area contributed by atoms with Crippen molar-refractivity contribution in [3.8, 4) is 0 Å². The smallest absolute Gasteiger partial charge is 0.277 e. The maximum absolute atomic E-state index is 12.2. The van der Waals surface area contributed by atoms with Crippen LogP contribution in [0.3, 0.4) is 0 Å². The lowest BCUT2D eigenvalue weighted by molar-refractivity contribution is 0.0960. The zero-order chi connectivity index (χ0) is 15.6. The van der Waals surface area contributed by atoms with E-state index in [0.29, 0.717) is 21.3 Å². The molecule has 110 valence electrons. The van der Waals surface area contributed by atoms with Gasteiger partial charge in [0.1, 0.15) is 0 Å². The van der Waals surface area contributed by atoms with Gasteiger partial charge in [0.05, 0.1) is 4.47 Å². The van der Waals surface area contributed by atoms with Crippen molar-refractivity contribution >= 4 is 33.4 Å². The van der Waals surface area contributed by atoms with E-state index in [4.69, 9.17) is 0 Å². The number of H-pyrrole nitrogens is 1. The van der Waals surface area contributed by atoms with Crippen LogP contribution in [0.25, 0.3) is 0 Å². The van der Waals surface area contributed by atoms with E-state index in [0.717, 1.165) is 5.69 Å². The fraction of sp³-hybridized carbons (Fsp3) is 0.214. The monoisotopic (exact) mass is 350 g/mol. The second-order valence-corrected chi connectivity index (χ2v) is 5.32. The van der Waals surface area contributed by atoms with E-state index in [2.05, 4.69) is 36.8 Å². The molecule has 0 aliphatic heterocycles. The number of aromatic nitrogens is 2. The van der Waals surface area contributed by atoms with Crippen LogP contribution in [0, 0.1) is 13.8 Å². The number of aromatic amines is 1. The van der Waals surface area contributed by atoms with E-state index in [1.807, 2.05) is 6.92 Å². The van der Waals surface area contributed by atoms with Crippen LogP contribution in [-0.4, -0.2) is 29.1 Å². The normalized spacial score (nSPS) is 10.3. The summed E-state index contributed by atoms with van der Waals surface area (Å²) in [5.41, 5.74) is 2.85. The Hall–Kier alpha value is -2.15. The average Bonchev–Trinajstić information content (AvgIpc) is 2.80. The molecule has 3 N–H and O–H groups in total. The molecule has 6 nitrogen and oxygen atoms in total. The van der Waals surface area contributed by atoms with Crippen LogP contribution in [0.15, 0.2) is 22.7 Å². The summed E-state index contributed by atoms with van der Waals surface area (Å²) >= 11 is 3.31. The number of nitrogens with one attached hydrogen (secondary N) is 3. The Labute approximate surface area is 130 Å². The van der Waals surface area contributed by atoms with Gasteiger partial charge in [-0.25, -0.2) is 0 Å². The first-order chi connectivity index (χ1) is 9.95. The highest BCUT2D eigenvalue weighted by Crippen LogP contribution is 2.22. The molecule has 0 saturated heterocycles. The summed E-state index contributed by atoms with van der Waals surface area (Å²) in [6.45, 7) is 3.59. The molecule has 0 fully saturated rings. The highest BCUT2D eigenvalue weighted by molar-refractivity contribution is 9.10. The van der Waals surface area contributed by atoms with Crippen molar-refractivity contribution in [2.24, 2.45) is 0 Å². The van der Waals surface area contributed by atoms with E-state index in [-0.39, 0.29) is 17.5 Å². The van der Waals surface area contributed by atoms with Gasteiger partial charge in [0.15, 0.2) is 5.69 Å². The molecule has 1 heterocycles. The molecule has 0 unspecified atom stereocenters. The van der Waals surface area contributed by atoms with Crippen LogP contribution in [-0.2, 0) is 0 Å². The van der Waals surface area contributed by atoms with Crippen LogP contribution < -0.4 is 10.6 Å². The minimum atomic E-state index is -0.344. The van der Waals surface area contributed by atoms with Crippen molar-refractivity contribution in [1.82, 2.24) is 15.5 Å². The van der Waals surface area contributed by atoms with Gasteiger partial charge >= 0.3 is 0 Å². The molecule has 2 amide bonds. The first-order valence-electron chi connectivity index (χ1n) is 6.29. The van der Waals surface area contributed by atoms with Gasteiger partial charge in [-0.1, -0.05) is 6.07 Å². The average molecular weight is 351 g/mol. The number of carbonyl (C=O) groups is 2. The SMILES string of the molecule is CNC(=O)c1cccc(NC(=O)c2n[nH]c(C)c2Br)c1C. The predicted octanol–water partition coefficient (Wildman–Crippen LogP) is 2.40. The quantitative estimate of drug-likeness (QED) is 0.794. The molecule has 0 aliphatic carbocycles. The Bertz CT molecular complexity index is 709. The largest absolute Gasteiger partial charge is 0.355 e. The van der Waals surface area contributed by atoms with Crippen LogP contribution in [0.2, 0.25) is 0 Å². The number of anilines is 1. The highest BCUT2D eigenvalue weighted by atomic mass is 79.9. The maximum Gasteiger partial charge on any atom is 0.277 e. The molecule has 1 aromatic carbocycles. The van der Waals surface area contributed by atoms with E-state index in [1.165, 1.54) is 0 Å². The van der Waals surface area contributed by atoms with Crippen molar-refractivity contribution in [3.05, 3.63) is 45.2 Å². The molecule has 0 atom stereocenters. The number of nitrogens with zero attached hydrogens (tertiary/aromatic N) is 1. The van der Waals surface area contributed by atoms with Gasteiger partial charge < -0.3 is 10.6 Å². The topological polar surface area (TPSA) is 86.9 Å². The standard InChI is InChI=1S/C14H15BrN4O2/c1-7-9(13(20)16-3)5-4-6-10(7)17-14(21)12-11(15)8(2)18-19-12/h4-6H,1-3H3,(H,16,20)(H,17,21)(H,18,19). The van der Waals surface area contributed by atoms with Crippen LogP contribution in [0.5, 0.6) is 0 Å². The van der Waals surface area contributed by atoms with Gasteiger partial charge in [-0.15, -0.1) is 0 Å². The number of hydrogen-bond acceptors (Lipinski definition) is 3. The first kappa shape index (κ1) is 15.2. The molecular weight excluding hydrogens is 336 g/mol. The van der Waals surface area contributed by atoms with Crippen LogP contribution >= 0.6 is 15.9 Å². The Morgan fingerprint density at radius 2 is 1.95 bits per heavy atom. The lowest BCUT2D eigenvalue weighted by Crippen LogP contribution is -2.20. The third-order valence-corrected chi connectivity index (χ3v) is 4.11. The Morgan fingerprint density at radius 3 is 2.52 bits per heavy atom. The summed E-state index contributed by atoms with van der Waals surface area (Å²) in [5.74, 6) is -0.538. The van der Waals surface area contributed by atoms with Gasteiger partial charge in [-0.3, -0.25) is 14.7 Å². The van der Waals surface area contributed by atoms with Gasteiger partial charge in [0.2, 0.25) is 0 Å². The van der Waals surface area contributed by atoms with Crippen LogP contribution in [0.1, 0.15) is 32.1 Å². The third-order valence-electron chi connectivity index (χ3n) is 3.14. The van der Waals surface area contributed by atoms with Gasteiger partial charge in [0.25, 0.3) is 11.8 Å². The minimum absolute atomic E-state index is 0.194. The molecule has 2 rings (SSSR count). The molecule has 0 saturated carbocycles. The van der Waals surface area contributed by atoms with Gasteiger partial charge in [-0.2, -0.15) is 5.10 Å². The number of halogens is 1. The molecule has 2 aromatic rings. The number of hydrogen-bond donors (Lipinski definition) is 3. The molecule has 7 heteroatoms. The summed E-state index contributed by atoms with van der Waals surface area (Å²) < 4.78 is 0.625. The Morgan fingerprint density at radius 1 is 1.24 bits per heavy atom. The minimum Gasteiger partial charge on any atom is -0.355 e. The van der Waals surface area contributed by atoms with Crippen molar-refractivity contribution in [2.45, 2.75) is 13.8 Å². The van der Waals surface area contributed by atoms with Crippen molar-refractivity contribution in [2.75, 3.05) is 12.4 Å². The molecule has 0 aliphatic rings. The number of carbonyl (C=O) groups excluding carboxylic acids is 2. The van der Waals surface area contributed by atoms with Crippen LogP contribution in [0.4, 0.5) is 5.69 Å². The fourth-order valence-corrected chi connectivity index (χ4v) is 2.26. The van der Waals surface area contributed by atoms with Crippen molar-refractivity contribution in [1.29, 1.82) is 0 Å². The predicted molar refractivity (Wildman–Crippen MR) is 83.5 cm³/mol. The number of benzene rings is 1. The molecule has 0 spiro atoms. The zero-order valence-electron chi connectivity index (χ0n) is 11.9. The molecule has 21 heavy (non-hydrogen) atoms. The Balaban J connectivity index is 2.30. The number of rotatable bonds is 3. The molecule has 0 radical (unpaired) electrons. The number of aryl methyl sites for hydroxylation is 1. The zero-order valence-corrected chi connectivity index (χ0v) is 13.5. The van der Waals surface area contributed by atoms with Gasteiger partial charge in [0, 0.05) is 24.0 Å². The van der Waals surface area contributed by atoms with Crippen molar-refractivity contribution in [3.63, 3.8) is 0 Å². The molecular formula is C14H15BrN4O2. The lowest BCUT2D eigenvalue weighted by Gasteiger charge is -2.11. The summed E-state index contributed by atoms with van der Waals surface area (Å²) in [6.07, 6.45) is 0. The summed E-state index contributed by atoms with van der Waals surface area (Å²) in [6, 6.07) is 5.17. The molecule has 0 bridgehead atoms. The van der Waals surface area contributed by atoms with E-state index in [9.17, 15) is 9.59 Å². The van der Waals surface area contributed by atoms with Gasteiger partial charge in [-0.05, 0) is 47.5 Å². The van der Waals surface area contributed by atoms with E-state index >= 15 is 0 Å². The third kappa shape index (κ3) is 2.97. The maximum atomic E-state index is 12.2. The van der Waals surface area contributed by atoms with Crippen molar-refractivity contribution < 1.29 is 9.59 Å². The first-order valence-corrected chi connectivity index (χ1v) is 7.08. The summed E-state index contributed by atoms with van der Waals surface area (Å²) in [4.78, 5) is 24.0. The summed E-state index contributed by atoms with van der Waals surface area (Å²) in [5, 5.41) is 12.0. The highest BCUT2D eigenvalue weighted by Gasteiger charge is 2.18. The summed E-state index contributed by atoms with van der Waals surface area (Å²) in [7, 11) is 1.57. The lowest BCUT2D eigenvalue weighted by atomic mass is 10.1. The van der Waals surface area contributed by atoms with E-state index < -0.39 is 0 Å². The second kappa shape index (κ2) is 6.09. The second-order valence-electron chi connectivity index (χ2n) is 4.52.